The van der Waals surface area contributed by atoms with Gasteiger partial charge in [0.1, 0.15) is 28.7 Å². The van der Waals surface area contributed by atoms with Gasteiger partial charge >= 0.3 is 0 Å². The Morgan fingerprint density at radius 1 is 0.955 bits per heavy atom. The van der Waals surface area contributed by atoms with Gasteiger partial charge in [0.25, 0.3) is 5.91 Å². The van der Waals surface area contributed by atoms with Crippen molar-refractivity contribution in [2.24, 2.45) is 0 Å². The van der Waals surface area contributed by atoms with E-state index in [1.54, 1.807) is 24.0 Å². The molecule has 1 saturated heterocycles. The molecule has 1 aliphatic rings. The van der Waals surface area contributed by atoms with Crippen LogP contribution in [0.25, 0.3) is 11.3 Å². The van der Waals surface area contributed by atoms with Gasteiger partial charge < -0.3 is 14.3 Å². The second-order valence-electron chi connectivity index (χ2n) is 11.5. The molecule has 2 aromatic carbocycles. The van der Waals surface area contributed by atoms with Crippen molar-refractivity contribution in [1.82, 2.24) is 19.9 Å². The maximum absolute atomic E-state index is 14.8. The summed E-state index contributed by atoms with van der Waals surface area (Å²) in [5, 5.41) is 4.13. The molecule has 0 saturated carbocycles. The SMILES string of the molecule is CCCCCCCCCC(=O)N1CCN(CCN(Cc2ccc(F)cc2)C(=O)c2c(-c3c(F)cccc3Cl)noc2C)CC1. The smallest absolute Gasteiger partial charge is 0.260 e. The lowest BCUT2D eigenvalue weighted by Gasteiger charge is -2.36. The number of piperazine rings is 1. The highest BCUT2D eigenvalue weighted by molar-refractivity contribution is 6.33. The van der Waals surface area contributed by atoms with Crippen molar-refractivity contribution in [2.75, 3.05) is 39.3 Å². The zero-order valence-electron chi connectivity index (χ0n) is 25.8. The molecule has 2 amide bonds. The Bertz CT molecular complexity index is 1350. The second kappa shape index (κ2) is 16.7. The van der Waals surface area contributed by atoms with Crippen molar-refractivity contribution in [3.8, 4) is 11.3 Å². The summed E-state index contributed by atoms with van der Waals surface area (Å²) in [6.45, 7) is 7.70. The highest BCUT2D eigenvalue weighted by atomic mass is 35.5. The predicted octanol–water partition coefficient (Wildman–Crippen LogP) is 7.51. The Labute approximate surface area is 264 Å². The van der Waals surface area contributed by atoms with Gasteiger partial charge in [0, 0.05) is 52.2 Å². The predicted molar refractivity (Wildman–Crippen MR) is 168 cm³/mol. The van der Waals surface area contributed by atoms with Gasteiger partial charge in [0.2, 0.25) is 5.91 Å². The van der Waals surface area contributed by atoms with E-state index in [4.69, 9.17) is 16.1 Å². The van der Waals surface area contributed by atoms with E-state index in [-0.39, 0.29) is 51.8 Å². The molecule has 3 aromatic rings. The molecule has 1 aliphatic heterocycles. The van der Waals surface area contributed by atoms with Crippen LogP contribution in [0.3, 0.4) is 0 Å². The van der Waals surface area contributed by atoms with Crippen LogP contribution >= 0.6 is 11.6 Å². The topological polar surface area (TPSA) is 69.9 Å². The lowest BCUT2D eigenvalue weighted by molar-refractivity contribution is -0.133. The number of unbranched alkanes of at least 4 members (excludes halogenated alkanes) is 6. The first kappa shape index (κ1) is 33.6. The molecule has 2 heterocycles. The largest absolute Gasteiger partial charge is 0.360 e. The third kappa shape index (κ3) is 9.11. The van der Waals surface area contributed by atoms with E-state index in [9.17, 15) is 18.4 Å². The van der Waals surface area contributed by atoms with E-state index in [2.05, 4.69) is 17.0 Å². The lowest BCUT2D eigenvalue weighted by atomic mass is 10.0. The van der Waals surface area contributed by atoms with Crippen molar-refractivity contribution in [2.45, 2.75) is 71.8 Å². The average Bonchev–Trinajstić information content (AvgIpc) is 3.40. The number of rotatable bonds is 15. The van der Waals surface area contributed by atoms with Gasteiger partial charge in [-0.15, -0.1) is 0 Å². The van der Waals surface area contributed by atoms with Crippen molar-refractivity contribution in [3.63, 3.8) is 0 Å². The van der Waals surface area contributed by atoms with Crippen LogP contribution in [0.15, 0.2) is 47.0 Å². The molecule has 0 aliphatic carbocycles. The van der Waals surface area contributed by atoms with Crippen LogP contribution in [0.4, 0.5) is 8.78 Å². The fraction of sp³-hybridized carbons (Fsp3) is 0.500. The van der Waals surface area contributed by atoms with Crippen molar-refractivity contribution in [1.29, 1.82) is 0 Å². The van der Waals surface area contributed by atoms with E-state index >= 15 is 0 Å². The standard InChI is InChI=1S/C34H43ClF2N4O3/c1-3-4-5-6-7-8-9-13-30(42)40-21-18-39(19-22-40)20-23-41(24-26-14-16-27(36)17-15-26)34(43)31-25(2)44-38-33(31)32-28(35)11-10-12-29(32)37/h10-12,14-17H,3-9,13,18-24H2,1-2H3. The summed E-state index contributed by atoms with van der Waals surface area (Å²) in [5.74, 6) is -0.886. The highest BCUT2D eigenvalue weighted by Crippen LogP contribution is 2.34. The molecule has 7 nitrogen and oxygen atoms in total. The molecule has 0 spiro atoms. The summed E-state index contributed by atoms with van der Waals surface area (Å²) < 4.78 is 33.8. The minimum atomic E-state index is -0.607. The van der Waals surface area contributed by atoms with Gasteiger partial charge in [-0.25, -0.2) is 8.78 Å². The molecule has 0 radical (unpaired) electrons. The molecule has 1 aromatic heterocycles. The van der Waals surface area contributed by atoms with Crippen LogP contribution < -0.4 is 0 Å². The Morgan fingerprint density at radius 2 is 1.64 bits per heavy atom. The Kier molecular flexibility index (Phi) is 12.7. The van der Waals surface area contributed by atoms with Gasteiger partial charge in [-0.1, -0.05) is 80.4 Å². The Hall–Kier alpha value is -3.30. The highest BCUT2D eigenvalue weighted by Gasteiger charge is 2.30. The normalized spacial score (nSPS) is 13.8. The van der Waals surface area contributed by atoms with Crippen LogP contribution in [-0.4, -0.2) is 70.9 Å². The van der Waals surface area contributed by atoms with Gasteiger partial charge in [0.15, 0.2) is 0 Å². The number of hydrogen-bond acceptors (Lipinski definition) is 5. The number of benzene rings is 2. The number of nitrogens with zero attached hydrogens (tertiary/aromatic N) is 4. The molecule has 44 heavy (non-hydrogen) atoms. The third-order valence-electron chi connectivity index (χ3n) is 8.26. The number of aromatic nitrogens is 1. The molecule has 0 unspecified atom stereocenters. The van der Waals surface area contributed by atoms with Crippen LogP contribution in [0.5, 0.6) is 0 Å². The first-order valence-corrected chi connectivity index (χ1v) is 16.1. The van der Waals surface area contributed by atoms with E-state index < -0.39 is 5.82 Å². The quantitative estimate of drug-likeness (QED) is 0.163. The van der Waals surface area contributed by atoms with Gasteiger partial charge in [-0.3, -0.25) is 14.5 Å². The monoisotopic (exact) mass is 628 g/mol. The summed E-state index contributed by atoms with van der Waals surface area (Å²) >= 11 is 6.31. The van der Waals surface area contributed by atoms with Crippen molar-refractivity contribution in [3.05, 3.63) is 76.0 Å². The van der Waals surface area contributed by atoms with E-state index in [0.717, 1.165) is 18.4 Å². The van der Waals surface area contributed by atoms with E-state index in [0.29, 0.717) is 45.7 Å². The fourth-order valence-electron chi connectivity index (χ4n) is 5.61. The fourth-order valence-corrected chi connectivity index (χ4v) is 5.87. The lowest BCUT2D eigenvalue weighted by Crippen LogP contribution is -2.50. The number of halogens is 3. The number of carbonyl (C=O) groups excluding carboxylic acids is 2. The second-order valence-corrected chi connectivity index (χ2v) is 11.9. The van der Waals surface area contributed by atoms with Crippen molar-refractivity contribution >= 4 is 23.4 Å². The number of carbonyl (C=O) groups is 2. The number of amides is 2. The first-order valence-electron chi connectivity index (χ1n) is 15.7. The molecule has 238 valence electrons. The minimum Gasteiger partial charge on any atom is -0.360 e. The molecule has 10 heteroatoms. The minimum absolute atomic E-state index is 0.00776. The molecule has 1 fully saturated rings. The first-order chi connectivity index (χ1) is 21.3. The van der Waals surface area contributed by atoms with Gasteiger partial charge in [0.05, 0.1) is 10.6 Å². The number of hydrogen-bond donors (Lipinski definition) is 0. The molecular formula is C34H43ClF2N4O3. The zero-order chi connectivity index (χ0) is 31.5. The molecular weight excluding hydrogens is 586 g/mol. The van der Waals surface area contributed by atoms with Crippen LogP contribution in [0.1, 0.15) is 80.0 Å². The van der Waals surface area contributed by atoms with Crippen LogP contribution in [-0.2, 0) is 11.3 Å². The van der Waals surface area contributed by atoms with Gasteiger partial charge in [-0.2, -0.15) is 0 Å². The van der Waals surface area contributed by atoms with Crippen molar-refractivity contribution < 1.29 is 22.9 Å². The molecule has 0 bridgehead atoms. The zero-order valence-corrected chi connectivity index (χ0v) is 26.6. The van der Waals surface area contributed by atoms with E-state index in [1.165, 1.54) is 62.4 Å². The maximum atomic E-state index is 14.8. The summed E-state index contributed by atoms with van der Waals surface area (Å²) in [5.41, 5.74) is 0.946. The number of aryl methyl sites for hydroxylation is 1. The Morgan fingerprint density at radius 3 is 2.32 bits per heavy atom. The summed E-state index contributed by atoms with van der Waals surface area (Å²) in [6, 6.07) is 10.3. The van der Waals surface area contributed by atoms with Crippen LogP contribution in [0, 0.1) is 18.6 Å². The molecule has 0 N–H and O–H groups in total. The maximum Gasteiger partial charge on any atom is 0.260 e. The average molecular weight is 629 g/mol. The third-order valence-corrected chi connectivity index (χ3v) is 8.57. The van der Waals surface area contributed by atoms with E-state index in [1.807, 2.05) is 4.90 Å². The summed E-state index contributed by atoms with van der Waals surface area (Å²) in [4.78, 5) is 32.6. The summed E-state index contributed by atoms with van der Waals surface area (Å²) in [6.07, 6.45) is 8.87. The van der Waals surface area contributed by atoms with Gasteiger partial charge in [-0.05, 0) is 43.2 Å². The van der Waals surface area contributed by atoms with Crippen LogP contribution in [0.2, 0.25) is 5.02 Å². The molecule has 4 rings (SSSR count). The summed E-state index contributed by atoms with van der Waals surface area (Å²) in [7, 11) is 0. The molecule has 0 atom stereocenters. The Balaban J connectivity index is 1.38.